The lowest BCUT2D eigenvalue weighted by Gasteiger charge is -2.35. The molecule has 19 heavy (non-hydrogen) atoms. The van der Waals surface area contributed by atoms with Gasteiger partial charge in [-0.25, -0.2) is 8.42 Å². The van der Waals surface area contributed by atoms with E-state index in [-0.39, 0.29) is 16.9 Å². The molecule has 1 aromatic heterocycles. The number of rotatable bonds is 4. The van der Waals surface area contributed by atoms with Crippen LogP contribution in [0.5, 0.6) is 0 Å². The van der Waals surface area contributed by atoms with E-state index in [9.17, 15) is 8.42 Å². The Balaban J connectivity index is 2.25. The number of piperidine rings is 1. The first-order valence-corrected chi connectivity index (χ1v) is 8.19. The van der Waals surface area contributed by atoms with Crippen molar-refractivity contribution in [3.8, 4) is 0 Å². The molecule has 1 aromatic rings. The molecule has 2 rings (SSSR count). The fourth-order valence-electron chi connectivity index (χ4n) is 2.31. The molecule has 0 saturated carbocycles. The first-order chi connectivity index (χ1) is 8.96. The van der Waals surface area contributed by atoms with E-state index >= 15 is 0 Å². The second-order valence-electron chi connectivity index (χ2n) is 4.98. The van der Waals surface area contributed by atoms with Gasteiger partial charge in [-0.05, 0) is 26.9 Å². The minimum atomic E-state index is -3.52. The maximum Gasteiger partial charge on any atom is 0.260 e. The van der Waals surface area contributed by atoms with Crippen molar-refractivity contribution in [2.45, 2.75) is 29.8 Å². The lowest BCUT2D eigenvalue weighted by Crippen LogP contribution is -2.47. The van der Waals surface area contributed by atoms with Crippen LogP contribution in [0.2, 0.25) is 0 Å². The van der Waals surface area contributed by atoms with Gasteiger partial charge in [-0.3, -0.25) is 5.10 Å². The van der Waals surface area contributed by atoms with Crippen molar-refractivity contribution in [1.29, 1.82) is 0 Å². The summed E-state index contributed by atoms with van der Waals surface area (Å²) in [4.78, 5) is 2.07. The monoisotopic (exact) mass is 306 g/mol. The number of hydrogen-bond donors (Lipinski definition) is 1. The van der Waals surface area contributed by atoms with E-state index in [4.69, 9.17) is 11.6 Å². The third-order valence-corrected chi connectivity index (χ3v) is 5.68. The highest BCUT2D eigenvalue weighted by Crippen LogP contribution is 2.23. The number of aromatic amines is 1. The summed E-state index contributed by atoms with van der Waals surface area (Å²) < 4.78 is 26.7. The Morgan fingerprint density at radius 1 is 1.58 bits per heavy atom. The molecule has 0 bridgehead atoms. The summed E-state index contributed by atoms with van der Waals surface area (Å²) in [6.07, 6.45) is 3.35. The maximum atomic E-state index is 12.6. The highest BCUT2D eigenvalue weighted by molar-refractivity contribution is 7.89. The van der Waals surface area contributed by atoms with Crippen LogP contribution in [0.1, 0.15) is 18.4 Å². The van der Waals surface area contributed by atoms with E-state index in [1.807, 2.05) is 14.1 Å². The predicted molar refractivity (Wildman–Crippen MR) is 73.6 cm³/mol. The Labute approximate surface area is 118 Å². The molecule has 0 spiro atoms. The van der Waals surface area contributed by atoms with Crippen LogP contribution in [0.3, 0.4) is 0 Å². The Morgan fingerprint density at radius 2 is 2.32 bits per heavy atom. The highest BCUT2D eigenvalue weighted by atomic mass is 35.5. The van der Waals surface area contributed by atoms with Gasteiger partial charge in [-0.2, -0.15) is 9.40 Å². The van der Waals surface area contributed by atoms with Gasteiger partial charge in [0.1, 0.15) is 0 Å². The third kappa shape index (κ3) is 2.94. The van der Waals surface area contributed by atoms with E-state index in [1.54, 1.807) is 0 Å². The number of hydrogen-bond acceptors (Lipinski definition) is 4. The predicted octanol–water partition coefficient (Wildman–Crippen LogP) is 0.863. The zero-order valence-electron chi connectivity index (χ0n) is 11.1. The van der Waals surface area contributed by atoms with E-state index in [0.29, 0.717) is 18.7 Å². The van der Waals surface area contributed by atoms with Crippen LogP contribution < -0.4 is 0 Å². The number of likely N-dealkylation sites (N-methyl/N-ethyl adjacent to an activating group) is 1. The lowest BCUT2D eigenvalue weighted by molar-refractivity contribution is 0.190. The molecule has 1 aliphatic rings. The minimum Gasteiger partial charge on any atom is -0.305 e. The Bertz CT molecular complexity index is 529. The molecule has 1 saturated heterocycles. The second kappa shape index (κ2) is 5.78. The summed E-state index contributed by atoms with van der Waals surface area (Å²) in [7, 11) is 0.423. The topological polar surface area (TPSA) is 69.3 Å². The van der Waals surface area contributed by atoms with Crippen LogP contribution in [0, 0.1) is 0 Å². The molecule has 1 N–H and O–H groups in total. The van der Waals surface area contributed by atoms with Crippen molar-refractivity contribution in [2.24, 2.45) is 0 Å². The van der Waals surface area contributed by atoms with E-state index in [2.05, 4.69) is 15.1 Å². The molecule has 6 nitrogen and oxygen atoms in total. The van der Waals surface area contributed by atoms with Crippen molar-refractivity contribution in [2.75, 3.05) is 27.2 Å². The van der Waals surface area contributed by atoms with Gasteiger partial charge >= 0.3 is 0 Å². The van der Waals surface area contributed by atoms with Gasteiger partial charge in [0.2, 0.25) is 0 Å². The van der Waals surface area contributed by atoms with Crippen LogP contribution in [0.25, 0.3) is 0 Å². The number of aromatic nitrogens is 2. The van der Waals surface area contributed by atoms with Crippen LogP contribution in [0.4, 0.5) is 0 Å². The van der Waals surface area contributed by atoms with Gasteiger partial charge in [0, 0.05) is 24.7 Å². The molecule has 108 valence electrons. The van der Waals surface area contributed by atoms with E-state index in [0.717, 1.165) is 12.8 Å². The summed E-state index contributed by atoms with van der Waals surface area (Å²) in [6.45, 7) is 1.06. The normalized spacial score (nSPS) is 22.0. The summed E-state index contributed by atoms with van der Waals surface area (Å²) in [6, 6.07) is 0.255. The molecule has 1 atom stereocenters. The molecule has 0 aromatic carbocycles. The first-order valence-electron chi connectivity index (χ1n) is 6.21. The number of H-pyrrole nitrogens is 1. The van der Waals surface area contributed by atoms with Gasteiger partial charge in [-0.1, -0.05) is 0 Å². The summed E-state index contributed by atoms with van der Waals surface area (Å²) in [5.74, 6) is 0.135. The van der Waals surface area contributed by atoms with Crippen LogP contribution in [0.15, 0.2) is 11.2 Å². The van der Waals surface area contributed by atoms with E-state index in [1.165, 1.54) is 10.5 Å². The quantitative estimate of drug-likeness (QED) is 0.838. The molecule has 1 aliphatic heterocycles. The summed E-state index contributed by atoms with van der Waals surface area (Å²) in [5.41, 5.74) is 0.522. The molecule has 1 fully saturated rings. The van der Waals surface area contributed by atoms with Crippen molar-refractivity contribution >= 4 is 21.6 Å². The average molecular weight is 307 g/mol. The molecular weight excluding hydrogens is 288 g/mol. The number of halogens is 1. The van der Waals surface area contributed by atoms with E-state index < -0.39 is 10.0 Å². The fraction of sp³-hybridized carbons (Fsp3) is 0.727. The maximum absolute atomic E-state index is 12.6. The van der Waals surface area contributed by atoms with Crippen molar-refractivity contribution in [3.05, 3.63) is 11.8 Å². The molecule has 8 heteroatoms. The number of nitrogens with one attached hydrogen (secondary N) is 1. The van der Waals surface area contributed by atoms with Crippen LogP contribution in [-0.4, -0.2) is 61.0 Å². The molecule has 1 unspecified atom stereocenters. The Kier molecular flexibility index (Phi) is 4.50. The number of sulfonamides is 1. The van der Waals surface area contributed by atoms with Gasteiger partial charge in [0.05, 0.1) is 12.1 Å². The summed E-state index contributed by atoms with van der Waals surface area (Å²) in [5, 5.41) is 6.47. The van der Waals surface area contributed by atoms with Crippen molar-refractivity contribution < 1.29 is 8.42 Å². The van der Waals surface area contributed by atoms with Crippen LogP contribution in [-0.2, 0) is 15.9 Å². The lowest BCUT2D eigenvalue weighted by atomic mass is 10.1. The minimum absolute atomic E-state index is 0.127. The van der Waals surface area contributed by atoms with Crippen molar-refractivity contribution in [1.82, 2.24) is 19.4 Å². The fourth-order valence-corrected chi connectivity index (χ4v) is 4.21. The SMILES string of the molecule is CN(C)C1CCCN(S(=O)(=O)c2[nH]ncc2CCl)C1. The Hall–Kier alpha value is -0.630. The second-order valence-corrected chi connectivity index (χ2v) is 7.12. The summed E-state index contributed by atoms with van der Waals surface area (Å²) >= 11 is 5.75. The van der Waals surface area contributed by atoms with Crippen LogP contribution >= 0.6 is 11.6 Å². The molecule has 0 radical (unpaired) electrons. The zero-order valence-corrected chi connectivity index (χ0v) is 12.7. The van der Waals surface area contributed by atoms with Gasteiger partial charge in [0.15, 0.2) is 5.03 Å². The molecule has 0 aliphatic carbocycles. The van der Waals surface area contributed by atoms with Gasteiger partial charge in [0.25, 0.3) is 10.0 Å². The third-order valence-electron chi connectivity index (χ3n) is 3.51. The number of nitrogens with zero attached hydrogens (tertiary/aromatic N) is 3. The molecule has 0 amide bonds. The van der Waals surface area contributed by atoms with Gasteiger partial charge in [-0.15, -0.1) is 11.6 Å². The molecule has 2 heterocycles. The number of alkyl halides is 1. The standard InChI is InChI=1S/C11H19ClN4O2S/c1-15(2)10-4-3-5-16(8-10)19(17,18)11-9(6-12)7-13-14-11/h7,10H,3-6,8H2,1-2H3,(H,13,14). The van der Waals surface area contributed by atoms with Gasteiger partial charge < -0.3 is 4.90 Å². The van der Waals surface area contributed by atoms with Crippen molar-refractivity contribution in [3.63, 3.8) is 0 Å². The first kappa shape index (κ1) is 14.8. The Morgan fingerprint density at radius 3 is 2.95 bits per heavy atom. The largest absolute Gasteiger partial charge is 0.305 e. The average Bonchev–Trinajstić information content (AvgIpc) is 2.88. The highest BCUT2D eigenvalue weighted by Gasteiger charge is 2.33. The molecular formula is C11H19ClN4O2S. The smallest absolute Gasteiger partial charge is 0.260 e. The zero-order chi connectivity index (χ0) is 14.0.